The molecule has 1 saturated heterocycles. The first kappa shape index (κ1) is 16.3. The Morgan fingerprint density at radius 1 is 1.36 bits per heavy atom. The molecule has 2 rings (SSSR count). The van der Waals surface area contributed by atoms with Crippen LogP contribution < -0.4 is 10.6 Å². The van der Waals surface area contributed by atoms with Crippen LogP contribution in [0.25, 0.3) is 0 Å². The molecule has 1 aromatic carbocycles. The van der Waals surface area contributed by atoms with Crippen molar-refractivity contribution < 1.29 is 9.59 Å². The van der Waals surface area contributed by atoms with Crippen molar-refractivity contribution in [3.05, 3.63) is 35.9 Å². The molecule has 2 N–H and O–H groups in total. The Hall–Kier alpha value is -2.04. The van der Waals surface area contributed by atoms with Crippen molar-refractivity contribution in [1.82, 2.24) is 15.5 Å². The maximum atomic E-state index is 11.9. The van der Waals surface area contributed by atoms with E-state index in [-0.39, 0.29) is 18.0 Å². The average molecular weight is 303 g/mol. The zero-order chi connectivity index (χ0) is 15.9. The van der Waals surface area contributed by atoms with Gasteiger partial charge in [-0.2, -0.15) is 0 Å². The van der Waals surface area contributed by atoms with Gasteiger partial charge < -0.3 is 15.5 Å². The molecule has 22 heavy (non-hydrogen) atoms. The van der Waals surface area contributed by atoms with Gasteiger partial charge in [0.2, 0.25) is 5.91 Å². The van der Waals surface area contributed by atoms with Gasteiger partial charge in [0, 0.05) is 32.6 Å². The summed E-state index contributed by atoms with van der Waals surface area (Å²) >= 11 is 0. The summed E-state index contributed by atoms with van der Waals surface area (Å²) in [6.07, 6.45) is 2.13. The lowest BCUT2D eigenvalue weighted by Gasteiger charge is -2.30. The standard InChI is InChI=1S/C17H25N3O2/c1-13(14-6-4-3-5-7-14)10-11-18-17(22)19-15-8-9-16(21)20(2)12-15/h3-7,13,15H,8-12H2,1-2H3,(H2,18,19,22)/t13-,15-/m1/s1. The summed E-state index contributed by atoms with van der Waals surface area (Å²) in [5.74, 6) is 0.565. The maximum Gasteiger partial charge on any atom is 0.315 e. The molecule has 1 aliphatic rings. The highest BCUT2D eigenvalue weighted by Crippen LogP contribution is 2.17. The van der Waals surface area contributed by atoms with Crippen molar-refractivity contribution >= 4 is 11.9 Å². The van der Waals surface area contributed by atoms with E-state index in [1.54, 1.807) is 11.9 Å². The van der Waals surface area contributed by atoms with Gasteiger partial charge >= 0.3 is 6.03 Å². The third-order valence-corrected chi connectivity index (χ3v) is 4.19. The highest BCUT2D eigenvalue weighted by atomic mass is 16.2. The summed E-state index contributed by atoms with van der Waals surface area (Å²) in [4.78, 5) is 25.0. The molecule has 3 amide bonds. The molecule has 5 heteroatoms. The summed E-state index contributed by atoms with van der Waals surface area (Å²) in [5, 5.41) is 5.84. The molecule has 0 spiro atoms. The van der Waals surface area contributed by atoms with Crippen LogP contribution in [-0.4, -0.2) is 43.0 Å². The van der Waals surface area contributed by atoms with Crippen LogP contribution in [0.3, 0.4) is 0 Å². The quantitative estimate of drug-likeness (QED) is 0.875. The summed E-state index contributed by atoms with van der Waals surface area (Å²) in [6.45, 7) is 3.40. The number of amides is 3. The zero-order valence-electron chi connectivity index (χ0n) is 13.3. The van der Waals surface area contributed by atoms with Crippen molar-refractivity contribution in [2.45, 2.75) is 38.1 Å². The average Bonchev–Trinajstić information content (AvgIpc) is 2.51. The van der Waals surface area contributed by atoms with E-state index in [1.165, 1.54) is 5.56 Å². The Morgan fingerprint density at radius 3 is 2.77 bits per heavy atom. The Kier molecular flexibility index (Phi) is 5.81. The van der Waals surface area contributed by atoms with Crippen LogP contribution in [0, 0.1) is 0 Å². The summed E-state index contributed by atoms with van der Waals surface area (Å²) in [5.41, 5.74) is 1.29. The van der Waals surface area contributed by atoms with Crippen LogP contribution in [0.5, 0.6) is 0 Å². The highest BCUT2D eigenvalue weighted by molar-refractivity contribution is 5.78. The second-order valence-corrected chi connectivity index (χ2v) is 6.01. The lowest BCUT2D eigenvalue weighted by molar-refractivity contribution is -0.132. The van der Waals surface area contributed by atoms with E-state index in [0.717, 1.165) is 12.8 Å². The molecule has 1 aliphatic heterocycles. The number of likely N-dealkylation sites (N-methyl/N-ethyl adjacent to an activating group) is 1. The predicted molar refractivity (Wildman–Crippen MR) is 86.7 cm³/mol. The van der Waals surface area contributed by atoms with Crippen molar-refractivity contribution in [3.63, 3.8) is 0 Å². The third kappa shape index (κ3) is 4.76. The van der Waals surface area contributed by atoms with Crippen molar-refractivity contribution in [2.24, 2.45) is 0 Å². The number of piperidine rings is 1. The second-order valence-electron chi connectivity index (χ2n) is 6.01. The summed E-state index contributed by atoms with van der Waals surface area (Å²) < 4.78 is 0. The summed E-state index contributed by atoms with van der Waals surface area (Å²) in [7, 11) is 1.77. The third-order valence-electron chi connectivity index (χ3n) is 4.19. The van der Waals surface area contributed by atoms with Gasteiger partial charge in [-0.25, -0.2) is 4.79 Å². The Bertz CT molecular complexity index is 504. The van der Waals surface area contributed by atoms with E-state index >= 15 is 0 Å². The van der Waals surface area contributed by atoms with Crippen LogP contribution >= 0.6 is 0 Å². The molecule has 0 saturated carbocycles. The molecule has 120 valence electrons. The molecular formula is C17H25N3O2. The molecule has 0 aliphatic carbocycles. The molecule has 1 aromatic rings. The number of hydrogen-bond acceptors (Lipinski definition) is 2. The van der Waals surface area contributed by atoms with Gasteiger partial charge in [-0.05, 0) is 24.3 Å². The van der Waals surface area contributed by atoms with Crippen molar-refractivity contribution in [3.8, 4) is 0 Å². The molecule has 2 atom stereocenters. The number of benzene rings is 1. The maximum absolute atomic E-state index is 11.9. The van der Waals surface area contributed by atoms with E-state index < -0.39 is 0 Å². The zero-order valence-corrected chi connectivity index (χ0v) is 13.3. The topological polar surface area (TPSA) is 61.4 Å². The van der Waals surface area contributed by atoms with Crippen LogP contribution in [0.15, 0.2) is 30.3 Å². The van der Waals surface area contributed by atoms with Crippen molar-refractivity contribution in [2.75, 3.05) is 20.1 Å². The largest absolute Gasteiger partial charge is 0.344 e. The first-order valence-corrected chi connectivity index (χ1v) is 7.89. The molecular weight excluding hydrogens is 278 g/mol. The Balaban J connectivity index is 1.67. The molecule has 1 fully saturated rings. The SMILES string of the molecule is C[C@H](CCNC(=O)N[C@@H]1CCC(=O)N(C)C1)c1ccccc1. The molecule has 5 nitrogen and oxygen atoms in total. The van der Waals surface area contributed by atoms with Crippen LogP contribution in [-0.2, 0) is 4.79 Å². The number of nitrogens with one attached hydrogen (secondary N) is 2. The number of likely N-dealkylation sites (tertiary alicyclic amines) is 1. The minimum Gasteiger partial charge on any atom is -0.344 e. The van der Waals surface area contributed by atoms with E-state index in [1.807, 2.05) is 18.2 Å². The van der Waals surface area contributed by atoms with Crippen LogP contribution in [0.1, 0.15) is 37.7 Å². The second kappa shape index (κ2) is 7.82. The fourth-order valence-corrected chi connectivity index (χ4v) is 2.72. The van der Waals surface area contributed by atoms with E-state index in [9.17, 15) is 9.59 Å². The summed E-state index contributed by atoms with van der Waals surface area (Å²) in [6, 6.07) is 10.2. The molecule has 0 aromatic heterocycles. The molecule has 0 unspecified atom stereocenters. The smallest absolute Gasteiger partial charge is 0.315 e. The highest BCUT2D eigenvalue weighted by Gasteiger charge is 2.23. The minimum absolute atomic E-state index is 0.0502. The number of nitrogens with zero attached hydrogens (tertiary/aromatic N) is 1. The number of urea groups is 1. The van der Waals surface area contributed by atoms with Gasteiger partial charge in [-0.3, -0.25) is 4.79 Å². The fourth-order valence-electron chi connectivity index (χ4n) is 2.72. The van der Waals surface area contributed by atoms with E-state index in [2.05, 4.69) is 29.7 Å². The van der Waals surface area contributed by atoms with Crippen LogP contribution in [0.4, 0.5) is 4.79 Å². The van der Waals surface area contributed by atoms with Crippen LogP contribution in [0.2, 0.25) is 0 Å². The molecule has 1 heterocycles. The van der Waals surface area contributed by atoms with Gasteiger partial charge in [0.25, 0.3) is 0 Å². The Labute approximate surface area is 132 Å². The first-order chi connectivity index (χ1) is 10.6. The monoisotopic (exact) mass is 303 g/mol. The van der Waals surface area contributed by atoms with Gasteiger partial charge in [0.15, 0.2) is 0 Å². The molecule has 0 radical (unpaired) electrons. The Morgan fingerprint density at radius 2 is 2.09 bits per heavy atom. The van der Waals surface area contributed by atoms with Gasteiger partial charge in [-0.1, -0.05) is 37.3 Å². The number of hydrogen-bond donors (Lipinski definition) is 2. The van der Waals surface area contributed by atoms with Gasteiger partial charge in [0.1, 0.15) is 0 Å². The van der Waals surface area contributed by atoms with Gasteiger partial charge in [0.05, 0.1) is 0 Å². The normalized spacial score (nSPS) is 19.6. The van der Waals surface area contributed by atoms with Crippen molar-refractivity contribution in [1.29, 1.82) is 0 Å². The predicted octanol–water partition coefficient (Wildman–Crippen LogP) is 2.10. The first-order valence-electron chi connectivity index (χ1n) is 7.89. The fraction of sp³-hybridized carbons (Fsp3) is 0.529. The number of rotatable bonds is 5. The van der Waals surface area contributed by atoms with E-state index in [4.69, 9.17) is 0 Å². The van der Waals surface area contributed by atoms with E-state index in [0.29, 0.717) is 25.4 Å². The number of carbonyl (C=O) groups is 2. The number of carbonyl (C=O) groups excluding carboxylic acids is 2. The lowest BCUT2D eigenvalue weighted by atomic mass is 9.98. The molecule has 0 bridgehead atoms. The minimum atomic E-state index is -0.145. The van der Waals surface area contributed by atoms with Gasteiger partial charge in [-0.15, -0.1) is 0 Å². The lowest BCUT2D eigenvalue weighted by Crippen LogP contribution is -2.51.